The lowest BCUT2D eigenvalue weighted by atomic mass is 9.67. The van der Waals surface area contributed by atoms with Gasteiger partial charge in [0.15, 0.2) is 5.78 Å². The van der Waals surface area contributed by atoms with Crippen LogP contribution in [0.2, 0.25) is 0 Å². The molecule has 0 atom stereocenters. The largest absolute Gasteiger partial charge is 0.363 e. The molecule has 1 aromatic heterocycles. The van der Waals surface area contributed by atoms with Gasteiger partial charge in [0.05, 0.1) is 12.7 Å². The van der Waals surface area contributed by atoms with Crippen LogP contribution in [0, 0.1) is 11.2 Å². The van der Waals surface area contributed by atoms with Crippen molar-refractivity contribution in [1.29, 1.82) is 0 Å². The third-order valence-electron chi connectivity index (χ3n) is 3.29. The van der Waals surface area contributed by atoms with Crippen molar-refractivity contribution in [3.63, 3.8) is 0 Å². The summed E-state index contributed by atoms with van der Waals surface area (Å²) in [5.41, 5.74) is -0.146. The van der Waals surface area contributed by atoms with Crippen LogP contribution in [0.1, 0.15) is 26.2 Å². The topological polar surface area (TPSA) is 42.0 Å². The van der Waals surface area contributed by atoms with Crippen molar-refractivity contribution in [2.24, 2.45) is 5.41 Å². The van der Waals surface area contributed by atoms with E-state index in [4.69, 9.17) is 0 Å². The van der Waals surface area contributed by atoms with Crippen LogP contribution in [0.5, 0.6) is 0 Å². The summed E-state index contributed by atoms with van der Waals surface area (Å²) in [6.07, 6.45) is 4.23. The highest BCUT2D eigenvalue weighted by Crippen LogP contribution is 2.40. The summed E-state index contributed by atoms with van der Waals surface area (Å²) in [6.45, 7) is 2.27. The number of hydrogen-bond donors (Lipinski definition) is 1. The Morgan fingerprint density at radius 1 is 1.56 bits per heavy atom. The monoisotopic (exact) mass is 222 g/mol. The van der Waals surface area contributed by atoms with Crippen LogP contribution in [-0.2, 0) is 4.79 Å². The quantitative estimate of drug-likeness (QED) is 0.850. The van der Waals surface area contributed by atoms with Gasteiger partial charge in [-0.3, -0.25) is 4.79 Å². The molecule has 1 heterocycles. The number of nitrogens with one attached hydrogen (secondary N) is 1. The molecule has 0 aliphatic heterocycles. The lowest BCUT2D eigenvalue weighted by molar-refractivity contribution is -0.130. The van der Waals surface area contributed by atoms with Crippen LogP contribution < -0.4 is 5.32 Å². The van der Waals surface area contributed by atoms with Crippen molar-refractivity contribution >= 4 is 11.6 Å². The van der Waals surface area contributed by atoms with Gasteiger partial charge in [0.25, 0.3) is 0 Å². The number of pyridine rings is 1. The first-order valence-corrected chi connectivity index (χ1v) is 5.49. The highest BCUT2D eigenvalue weighted by Gasteiger charge is 2.38. The van der Waals surface area contributed by atoms with Crippen LogP contribution >= 0.6 is 0 Å². The zero-order valence-corrected chi connectivity index (χ0v) is 9.29. The minimum atomic E-state index is -0.372. The number of anilines is 1. The summed E-state index contributed by atoms with van der Waals surface area (Å²) >= 11 is 0. The van der Waals surface area contributed by atoms with Crippen molar-refractivity contribution in [2.45, 2.75) is 26.2 Å². The van der Waals surface area contributed by atoms with Gasteiger partial charge in [-0.15, -0.1) is 0 Å². The molecule has 4 heteroatoms. The molecule has 0 aromatic carbocycles. The van der Waals surface area contributed by atoms with Gasteiger partial charge in [0, 0.05) is 5.41 Å². The number of carbonyl (C=O) groups excluding carboxylic acids is 1. The smallest absolute Gasteiger partial charge is 0.157 e. The molecular weight excluding hydrogens is 207 g/mol. The van der Waals surface area contributed by atoms with Gasteiger partial charge in [0.1, 0.15) is 11.6 Å². The van der Waals surface area contributed by atoms with Gasteiger partial charge < -0.3 is 5.32 Å². The second-order valence-corrected chi connectivity index (χ2v) is 4.55. The summed E-state index contributed by atoms with van der Waals surface area (Å²) in [7, 11) is 0. The second-order valence-electron chi connectivity index (χ2n) is 4.55. The second kappa shape index (κ2) is 4.20. The Morgan fingerprint density at radius 2 is 2.31 bits per heavy atom. The molecule has 0 spiro atoms. The Kier molecular flexibility index (Phi) is 2.90. The Labute approximate surface area is 94.1 Å². The molecule has 3 nitrogen and oxygen atoms in total. The highest BCUT2D eigenvalue weighted by atomic mass is 19.1. The van der Waals surface area contributed by atoms with E-state index in [9.17, 15) is 9.18 Å². The summed E-state index contributed by atoms with van der Waals surface area (Å²) in [5.74, 6) is 0.380. The van der Waals surface area contributed by atoms with Crippen molar-refractivity contribution < 1.29 is 9.18 Å². The molecule has 1 aromatic rings. The van der Waals surface area contributed by atoms with Crippen molar-refractivity contribution in [3.8, 4) is 0 Å². The SMILES string of the molecule is CC1(C(=O)CNc2ccc(F)cn2)CCC1. The average molecular weight is 222 g/mol. The number of halogens is 1. The average Bonchev–Trinajstić information content (AvgIpc) is 2.24. The molecule has 1 saturated carbocycles. The molecular formula is C12H15FN2O. The lowest BCUT2D eigenvalue weighted by Crippen LogP contribution is -2.38. The van der Waals surface area contributed by atoms with Gasteiger partial charge in [0.2, 0.25) is 0 Å². The predicted molar refractivity (Wildman–Crippen MR) is 59.6 cm³/mol. The fourth-order valence-corrected chi connectivity index (χ4v) is 1.85. The first-order valence-electron chi connectivity index (χ1n) is 5.49. The molecule has 0 radical (unpaired) electrons. The van der Waals surface area contributed by atoms with Crippen LogP contribution in [0.15, 0.2) is 18.3 Å². The Balaban J connectivity index is 1.87. The van der Waals surface area contributed by atoms with Gasteiger partial charge >= 0.3 is 0 Å². The zero-order valence-electron chi connectivity index (χ0n) is 9.29. The predicted octanol–water partition coefficient (Wildman–Crippen LogP) is 2.39. The van der Waals surface area contributed by atoms with Gasteiger partial charge in [-0.2, -0.15) is 0 Å². The first-order chi connectivity index (χ1) is 7.60. The van der Waals surface area contributed by atoms with E-state index in [1.807, 2.05) is 6.92 Å². The summed E-state index contributed by atoms with van der Waals surface area (Å²) < 4.78 is 12.6. The number of aromatic nitrogens is 1. The van der Waals surface area contributed by atoms with E-state index in [2.05, 4.69) is 10.3 Å². The highest BCUT2D eigenvalue weighted by molar-refractivity contribution is 5.88. The maximum absolute atomic E-state index is 12.6. The van der Waals surface area contributed by atoms with Crippen LogP contribution in [0.4, 0.5) is 10.2 Å². The molecule has 1 fully saturated rings. The fourth-order valence-electron chi connectivity index (χ4n) is 1.85. The maximum atomic E-state index is 12.6. The Morgan fingerprint density at radius 3 is 2.81 bits per heavy atom. The van der Waals surface area contributed by atoms with E-state index >= 15 is 0 Å². The van der Waals surface area contributed by atoms with Gasteiger partial charge in [-0.25, -0.2) is 9.37 Å². The standard InChI is InChI=1S/C12H15FN2O/c1-12(5-2-6-12)10(16)8-15-11-4-3-9(13)7-14-11/h3-4,7H,2,5-6,8H2,1H3,(H,14,15). The third kappa shape index (κ3) is 2.21. The van der Waals surface area contributed by atoms with E-state index in [1.54, 1.807) is 0 Å². The minimum Gasteiger partial charge on any atom is -0.363 e. The summed E-state index contributed by atoms with van der Waals surface area (Å²) in [5, 5.41) is 2.92. The van der Waals surface area contributed by atoms with Gasteiger partial charge in [-0.05, 0) is 25.0 Å². The molecule has 1 N–H and O–H groups in total. The normalized spacial score (nSPS) is 17.6. The number of carbonyl (C=O) groups is 1. The number of rotatable bonds is 4. The molecule has 1 aliphatic carbocycles. The molecule has 2 rings (SSSR count). The lowest BCUT2D eigenvalue weighted by Gasteiger charge is -2.36. The zero-order chi connectivity index (χ0) is 11.6. The molecule has 16 heavy (non-hydrogen) atoms. The molecule has 0 bridgehead atoms. The van der Waals surface area contributed by atoms with Crippen LogP contribution in [0.3, 0.4) is 0 Å². The maximum Gasteiger partial charge on any atom is 0.157 e. The van der Waals surface area contributed by atoms with Gasteiger partial charge in [-0.1, -0.05) is 13.3 Å². The minimum absolute atomic E-state index is 0.146. The van der Waals surface area contributed by atoms with Crippen molar-refractivity contribution in [3.05, 3.63) is 24.1 Å². The summed E-state index contributed by atoms with van der Waals surface area (Å²) in [4.78, 5) is 15.7. The first kappa shape index (κ1) is 11.0. The Bertz CT molecular complexity index is 385. The van der Waals surface area contributed by atoms with E-state index in [0.717, 1.165) is 25.5 Å². The molecule has 1 aliphatic rings. The number of Topliss-reactive ketones (excluding diaryl/α,β-unsaturated/α-hetero) is 1. The molecule has 86 valence electrons. The fraction of sp³-hybridized carbons (Fsp3) is 0.500. The summed E-state index contributed by atoms with van der Waals surface area (Å²) in [6, 6.07) is 2.86. The van der Waals surface area contributed by atoms with Crippen LogP contribution in [-0.4, -0.2) is 17.3 Å². The number of nitrogens with zero attached hydrogens (tertiary/aromatic N) is 1. The van der Waals surface area contributed by atoms with Crippen LogP contribution in [0.25, 0.3) is 0 Å². The van der Waals surface area contributed by atoms with Crippen molar-refractivity contribution in [2.75, 3.05) is 11.9 Å². The molecule has 0 saturated heterocycles. The Hall–Kier alpha value is -1.45. The number of ketones is 1. The van der Waals surface area contributed by atoms with E-state index in [0.29, 0.717) is 5.82 Å². The molecule has 0 unspecified atom stereocenters. The molecule has 0 amide bonds. The van der Waals surface area contributed by atoms with E-state index in [1.165, 1.54) is 12.1 Å². The third-order valence-corrected chi connectivity index (χ3v) is 3.29. The van der Waals surface area contributed by atoms with Crippen molar-refractivity contribution in [1.82, 2.24) is 4.98 Å². The number of hydrogen-bond acceptors (Lipinski definition) is 3. The van der Waals surface area contributed by atoms with E-state index in [-0.39, 0.29) is 23.6 Å². The van der Waals surface area contributed by atoms with E-state index < -0.39 is 0 Å².